The van der Waals surface area contributed by atoms with Gasteiger partial charge in [-0.3, -0.25) is 0 Å². The van der Waals surface area contributed by atoms with Crippen molar-refractivity contribution < 1.29 is 18.9 Å². The maximum Gasteiger partial charge on any atom is 0.166 e. The van der Waals surface area contributed by atoms with Gasteiger partial charge in [0.1, 0.15) is 12.4 Å². The Morgan fingerprint density at radius 3 is 2.67 bits per heavy atom. The molecular formula is C20H27ClN2O4. The number of nitrogens with zero attached hydrogens (tertiary/aromatic N) is 1. The van der Waals surface area contributed by atoms with Crippen LogP contribution in [0.15, 0.2) is 30.5 Å². The SMILES string of the molecule is CCNc1ncc(Cl)cc1CC(OC)c1cccc(OCCOC)c1OC. The summed E-state index contributed by atoms with van der Waals surface area (Å²) in [5, 5.41) is 3.85. The lowest BCUT2D eigenvalue weighted by molar-refractivity contribution is 0.0999. The number of methoxy groups -OCH3 is 3. The Morgan fingerprint density at radius 1 is 1.19 bits per heavy atom. The number of hydrogen-bond acceptors (Lipinski definition) is 6. The molecule has 0 bridgehead atoms. The molecule has 2 aromatic rings. The van der Waals surface area contributed by atoms with Crippen molar-refractivity contribution in [2.24, 2.45) is 0 Å². The summed E-state index contributed by atoms with van der Waals surface area (Å²) in [5.41, 5.74) is 1.88. The molecule has 0 radical (unpaired) electrons. The van der Waals surface area contributed by atoms with Gasteiger partial charge in [0, 0.05) is 38.9 Å². The van der Waals surface area contributed by atoms with Crippen LogP contribution >= 0.6 is 11.6 Å². The summed E-state index contributed by atoms with van der Waals surface area (Å²) in [7, 11) is 4.94. The van der Waals surface area contributed by atoms with Crippen molar-refractivity contribution in [2.75, 3.05) is 46.4 Å². The highest BCUT2D eigenvalue weighted by atomic mass is 35.5. The molecule has 0 aliphatic heterocycles. The van der Waals surface area contributed by atoms with E-state index in [0.29, 0.717) is 36.2 Å². The van der Waals surface area contributed by atoms with Gasteiger partial charge < -0.3 is 24.3 Å². The van der Waals surface area contributed by atoms with Crippen LogP contribution in [0.5, 0.6) is 11.5 Å². The lowest BCUT2D eigenvalue weighted by Gasteiger charge is -2.22. The van der Waals surface area contributed by atoms with E-state index < -0.39 is 0 Å². The number of rotatable bonds is 11. The normalized spacial score (nSPS) is 11.9. The average molecular weight is 395 g/mol. The molecule has 148 valence electrons. The Hall–Kier alpha value is -2.02. The van der Waals surface area contributed by atoms with Crippen LogP contribution in [-0.2, 0) is 15.9 Å². The fourth-order valence-electron chi connectivity index (χ4n) is 2.84. The zero-order chi connectivity index (χ0) is 19.6. The minimum atomic E-state index is -0.247. The largest absolute Gasteiger partial charge is 0.492 e. The number of aromatic nitrogens is 1. The van der Waals surface area contributed by atoms with E-state index in [9.17, 15) is 0 Å². The van der Waals surface area contributed by atoms with E-state index in [1.807, 2.05) is 31.2 Å². The van der Waals surface area contributed by atoms with Gasteiger partial charge in [0.15, 0.2) is 11.5 Å². The van der Waals surface area contributed by atoms with Gasteiger partial charge in [-0.25, -0.2) is 4.98 Å². The van der Waals surface area contributed by atoms with Gasteiger partial charge in [0.25, 0.3) is 0 Å². The summed E-state index contributed by atoms with van der Waals surface area (Å²) in [6, 6.07) is 7.67. The second kappa shape index (κ2) is 11.0. The summed E-state index contributed by atoms with van der Waals surface area (Å²) < 4.78 is 22.2. The Morgan fingerprint density at radius 2 is 2.00 bits per heavy atom. The van der Waals surface area contributed by atoms with Crippen LogP contribution in [0.1, 0.15) is 24.2 Å². The number of para-hydroxylation sites is 1. The Bertz CT molecular complexity index is 727. The molecule has 1 unspecified atom stereocenters. The van der Waals surface area contributed by atoms with Crippen molar-refractivity contribution in [1.82, 2.24) is 4.98 Å². The number of ether oxygens (including phenoxy) is 4. The molecule has 27 heavy (non-hydrogen) atoms. The van der Waals surface area contributed by atoms with Crippen LogP contribution in [0.4, 0.5) is 5.82 Å². The molecule has 0 spiro atoms. The first-order chi connectivity index (χ1) is 13.1. The summed E-state index contributed by atoms with van der Waals surface area (Å²) in [6.45, 7) is 3.74. The van der Waals surface area contributed by atoms with Crippen molar-refractivity contribution in [3.05, 3.63) is 46.6 Å². The molecule has 1 heterocycles. The van der Waals surface area contributed by atoms with Crippen LogP contribution in [-0.4, -0.2) is 46.1 Å². The molecule has 6 nitrogen and oxygen atoms in total. The second-order valence-electron chi connectivity index (χ2n) is 5.84. The van der Waals surface area contributed by atoms with E-state index in [1.54, 1.807) is 27.5 Å². The van der Waals surface area contributed by atoms with Crippen molar-refractivity contribution in [1.29, 1.82) is 0 Å². The minimum Gasteiger partial charge on any atom is -0.492 e. The van der Waals surface area contributed by atoms with Crippen molar-refractivity contribution in [3.8, 4) is 11.5 Å². The molecule has 7 heteroatoms. The minimum absolute atomic E-state index is 0.247. The number of nitrogens with one attached hydrogen (secondary N) is 1. The second-order valence-corrected chi connectivity index (χ2v) is 6.28. The zero-order valence-corrected chi connectivity index (χ0v) is 17.0. The molecule has 0 saturated heterocycles. The Balaban J connectivity index is 2.32. The van der Waals surface area contributed by atoms with E-state index in [0.717, 1.165) is 23.5 Å². The third kappa shape index (κ3) is 5.73. The van der Waals surface area contributed by atoms with E-state index in [1.165, 1.54) is 0 Å². The molecule has 0 amide bonds. The van der Waals surface area contributed by atoms with E-state index in [2.05, 4.69) is 10.3 Å². The quantitative estimate of drug-likeness (QED) is 0.578. The molecule has 1 atom stereocenters. The maximum absolute atomic E-state index is 6.16. The first kappa shape index (κ1) is 21.3. The van der Waals surface area contributed by atoms with Crippen molar-refractivity contribution >= 4 is 17.4 Å². The number of hydrogen-bond donors (Lipinski definition) is 1. The predicted molar refractivity (Wildman–Crippen MR) is 107 cm³/mol. The first-order valence-electron chi connectivity index (χ1n) is 8.84. The molecule has 0 aliphatic carbocycles. The van der Waals surface area contributed by atoms with Crippen LogP contribution in [0.3, 0.4) is 0 Å². The number of benzene rings is 1. The van der Waals surface area contributed by atoms with Crippen molar-refractivity contribution in [3.63, 3.8) is 0 Å². The van der Waals surface area contributed by atoms with Gasteiger partial charge in [-0.05, 0) is 24.6 Å². The highest BCUT2D eigenvalue weighted by molar-refractivity contribution is 6.30. The van der Waals surface area contributed by atoms with Crippen LogP contribution in [0.2, 0.25) is 5.02 Å². The number of halogens is 1. The summed E-state index contributed by atoms with van der Waals surface area (Å²) in [6.07, 6.45) is 1.98. The van der Waals surface area contributed by atoms with Crippen LogP contribution < -0.4 is 14.8 Å². The molecule has 0 aliphatic rings. The van der Waals surface area contributed by atoms with Gasteiger partial charge in [-0.1, -0.05) is 23.7 Å². The third-order valence-electron chi connectivity index (χ3n) is 4.07. The summed E-state index contributed by atoms with van der Waals surface area (Å²) in [4.78, 5) is 4.39. The fourth-order valence-corrected chi connectivity index (χ4v) is 3.02. The molecule has 0 saturated carbocycles. The maximum atomic E-state index is 6.16. The van der Waals surface area contributed by atoms with E-state index in [4.69, 9.17) is 30.5 Å². The molecular weight excluding hydrogens is 368 g/mol. The van der Waals surface area contributed by atoms with Gasteiger partial charge in [0.2, 0.25) is 0 Å². The first-order valence-corrected chi connectivity index (χ1v) is 9.22. The Labute approximate surface area is 165 Å². The fraction of sp³-hybridized carbons (Fsp3) is 0.450. The molecule has 0 fully saturated rings. The lowest BCUT2D eigenvalue weighted by atomic mass is 10.00. The zero-order valence-electron chi connectivity index (χ0n) is 16.3. The molecule has 1 aromatic carbocycles. The standard InChI is InChI=1S/C20H27ClN2O4/c1-5-22-20-14(11-15(21)13-23-20)12-18(25-3)16-7-6-8-17(19(16)26-4)27-10-9-24-2/h6-8,11,13,18H,5,9-10,12H2,1-4H3,(H,22,23). The Kier molecular flexibility index (Phi) is 8.64. The van der Waals surface area contributed by atoms with Gasteiger partial charge in [0.05, 0.1) is 24.8 Å². The number of anilines is 1. The predicted octanol–water partition coefficient (Wildman–Crippen LogP) is 4.13. The van der Waals surface area contributed by atoms with Crippen molar-refractivity contribution in [2.45, 2.75) is 19.4 Å². The highest BCUT2D eigenvalue weighted by Crippen LogP contribution is 2.38. The highest BCUT2D eigenvalue weighted by Gasteiger charge is 2.21. The van der Waals surface area contributed by atoms with Gasteiger partial charge in [-0.2, -0.15) is 0 Å². The van der Waals surface area contributed by atoms with Crippen LogP contribution in [0, 0.1) is 0 Å². The summed E-state index contributed by atoms with van der Waals surface area (Å²) >= 11 is 6.16. The van der Waals surface area contributed by atoms with Gasteiger partial charge in [-0.15, -0.1) is 0 Å². The summed E-state index contributed by atoms with van der Waals surface area (Å²) in [5.74, 6) is 2.11. The average Bonchev–Trinajstić information content (AvgIpc) is 2.68. The van der Waals surface area contributed by atoms with Gasteiger partial charge >= 0.3 is 0 Å². The molecule has 1 aromatic heterocycles. The molecule has 1 N–H and O–H groups in total. The third-order valence-corrected chi connectivity index (χ3v) is 4.28. The lowest BCUT2D eigenvalue weighted by Crippen LogP contribution is -2.12. The smallest absolute Gasteiger partial charge is 0.166 e. The molecule has 2 rings (SSSR count). The van der Waals surface area contributed by atoms with Crippen LogP contribution in [0.25, 0.3) is 0 Å². The topological polar surface area (TPSA) is 61.8 Å². The van der Waals surface area contributed by atoms with E-state index in [-0.39, 0.29) is 6.10 Å². The van der Waals surface area contributed by atoms with E-state index >= 15 is 0 Å². The monoisotopic (exact) mass is 394 g/mol. The number of pyridine rings is 1.